The predicted octanol–water partition coefficient (Wildman–Crippen LogP) is 0.746. The van der Waals surface area contributed by atoms with E-state index in [0.717, 1.165) is 0 Å². The predicted molar refractivity (Wildman–Crippen MR) is 91.0 cm³/mol. The van der Waals surface area contributed by atoms with Crippen molar-refractivity contribution >= 4 is 23.4 Å². The van der Waals surface area contributed by atoms with Crippen LogP contribution in [0.2, 0.25) is 0 Å². The number of hydrogen-bond donors (Lipinski definition) is 3. The highest BCUT2D eigenvalue weighted by molar-refractivity contribution is 5.94. The molecule has 25 heavy (non-hydrogen) atoms. The molecule has 0 heterocycles. The zero-order chi connectivity index (χ0) is 19.0. The molecule has 0 aliphatic heterocycles. The maximum atomic E-state index is 11.9. The van der Waals surface area contributed by atoms with Gasteiger partial charge in [-0.1, -0.05) is 0 Å². The maximum absolute atomic E-state index is 11.9. The number of nitro benzene ring substituents is 1. The molecule has 0 fully saturated rings. The lowest BCUT2D eigenvalue weighted by Gasteiger charge is -2.20. The van der Waals surface area contributed by atoms with Crippen molar-refractivity contribution in [2.45, 2.75) is 32.7 Å². The Morgan fingerprint density at radius 1 is 1.04 bits per heavy atom. The number of nitrogens with zero attached hydrogens (tertiary/aromatic N) is 1. The van der Waals surface area contributed by atoms with Crippen molar-refractivity contribution in [2.75, 3.05) is 13.1 Å². The van der Waals surface area contributed by atoms with Crippen LogP contribution in [0.4, 0.5) is 5.69 Å². The second-order valence-electron chi connectivity index (χ2n) is 6.38. The molecule has 0 bridgehead atoms. The van der Waals surface area contributed by atoms with Gasteiger partial charge in [0.15, 0.2) is 0 Å². The number of carbonyl (C=O) groups excluding carboxylic acids is 3. The van der Waals surface area contributed by atoms with E-state index < -0.39 is 10.8 Å². The summed E-state index contributed by atoms with van der Waals surface area (Å²) in [5.41, 5.74) is -0.222. The first-order chi connectivity index (χ1) is 11.6. The summed E-state index contributed by atoms with van der Waals surface area (Å²) in [4.78, 5) is 45.0. The highest BCUT2D eigenvalue weighted by atomic mass is 16.6. The van der Waals surface area contributed by atoms with Crippen LogP contribution < -0.4 is 16.0 Å². The van der Waals surface area contributed by atoms with Crippen LogP contribution in [-0.2, 0) is 9.59 Å². The van der Waals surface area contributed by atoms with Gasteiger partial charge in [0, 0.05) is 36.2 Å². The molecular formula is C16H22N4O5. The number of nitro groups is 1. The summed E-state index contributed by atoms with van der Waals surface area (Å²) in [6.45, 7) is 5.45. The third-order valence-corrected chi connectivity index (χ3v) is 2.94. The van der Waals surface area contributed by atoms with Crippen LogP contribution in [0.5, 0.6) is 0 Å². The Hall–Kier alpha value is -2.97. The molecule has 9 nitrogen and oxygen atoms in total. The minimum Gasteiger partial charge on any atom is -0.352 e. The second-order valence-corrected chi connectivity index (χ2v) is 6.38. The van der Waals surface area contributed by atoms with Gasteiger partial charge < -0.3 is 16.0 Å². The van der Waals surface area contributed by atoms with Crippen molar-refractivity contribution in [3.05, 3.63) is 39.9 Å². The summed E-state index contributed by atoms with van der Waals surface area (Å²) in [7, 11) is 0. The van der Waals surface area contributed by atoms with E-state index in [0.29, 0.717) is 0 Å². The fourth-order valence-corrected chi connectivity index (χ4v) is 1.86. The summed E-state index contributed by atoms with van der Waals surface area (Å²) in [5.74, 6) is -1.10. The standard InChI is InChI=1S/C16H22N4O5/c1-16(2,3)19-14(22)10-18-13(21)8-9-17-15(23)11-4-6-12(7-5-11)20(24)25/h4-7H,8-10H2,1-3H3,(H,17,23)(H,18,21)(H,19,22). The van der Waals surface area contributed by atoms with Crippen molar-refractivity contribution in [1.29, 1.82) is 0 Å². The number of carbonyl (C=O) groups is 3. The quantitative estimate of drug-likeness (QED) is 0.493. The van der Waals surface area contributed by atoms with E-state index in [2.05, 4.69) is 16.0 Å². The Kier molecular flexibility index (Phi) is 7.04. The van der Waals surface area contributed by atoms with Crippen LogP contribution in [-0.4, -0.2) is 41.3 Å². The van der Waals surface area contributed by atoms with Gasteiger partial charge in [-0.2, -0.15) is 0 Å². The van der Waals surface area contributed by atoms with Crippen LogP contribution in [0.3, 0.4) is 0 Å². The SMILES string of the molecule is CC(C)(C)NC(=O)CNC(=O)CCNC(=O)c1ccc([N+](=O)[O-])cc1. The maximum Gasteiger partial charge on any atom is 0.269 e. The molecule has 0 saturated heterocycles. The molecule has 0 aliphatic rings. The fourth-order valence-electron chi connectivity index (χ4n) is 1.86. The molecule has 136 valence electrons. The summed E-state index contributed by atoms with van der Waals surface area (Å²) >= 11 is 0. The van der Waals surface area contributed by atoms with Gasteiger partial charge >= 0.3 is 0 Å². The first-order valence-corrected chi connectivity index (χ1v) is 7.69. The smallest absolute Gasteiger partial charge is 0.269 e. The zero-order valence-corrected chi connectivity index (χ0v) is 14.4. The number of nitrogens with one attached hydrogen (secondary N) is 3. The molecule has 1 aromatic rings. The van der Waals surface area contributed by atoms with Crippen LogP contribution in [0, 0.1) is 10.1 Å². The van der Waals surface area contributed by atoms with Gasteiger partial charge in [-0.05, 0) is 32.9 Å². The molecule has 0 unspecified atom stereocenters. The second kappa shape index (κ2) is 8.76. The first-order valence-electron chi connectivity index (χ1n) is 7.69. The van der Waals surface area contributed by atoms with E-state index in [1.807, 2.05) is 20.8 Å². The number of rotatable bonds is 7. The van der Waals surface area contributed by atoms with Gasteiger partial charge in [0.05, 0.1) is 11.5 Å². The van der Waals surface area contributed by atoms with Crippen LogP contribution in [0.15, 0.2) is 24.3 Å². The average molecular weight is 350 g/mol. The van der Waals surface area contributed by atoms with Crippen molar-refractivity contribution in [3.8, 4) is 0 Å². The largest absolute Gasteiger partial charge is 0.352 e. The molecule has 0 spiro atoms. The lowest BCUT2D eigenvalue weighted by molar-refractivity contribution is -0.384. The Bertz CT molecular complexity index is 649. The number of non-ortho nitro benzene ring substituents is 1. The fraction of sp³-hybridized carbons (Fsp3) is 0.438. The Morgan fingerprint density at radius 2 is 1.64 bits per heavy atom. The summed E-state index contributed by atoms with van der Waals surface area (Å²) < 4.78 is 0. The molecule has 9 heteroatoms. The van der Waals surface area contributed by atoms with Crippen LogP contribution in [0.25, 0.3) is 0 Å². The molecule has 0 saturated carbocycles. The highest BCUT2D eigenvalue weighted by Crippen LogP contribution is 2.11. The molecule has 0 aromatic heterocycles. The first kappa shape index (κ1) is 20.1. The highest BCUT2D eigenvalue weighted by Gasteiger charge is 2.14. The minimum atomic E-state index is -0.554. The van der Waals surface area contributed by atoms with Crippen LogP contribution in [0.1, 0.15) is 37.6 Å². The van der Waals surface area contributed by atoms with Gasteiger partial charge in [0.2, 0.25) is 11.8 Å². The van der Waals surface area contributed by atoms with Crippen molar-refractivity contribution in [1.82, 2.24) is 16.0 Å². The molecule has 3 N–H and O–H groups in total. The lowest BCUT2D eigenvalue weighted by atomic mass is 10.1. The topological polar surface area (TPSA) is 130 Å². The Morgan fingerprint density at radius 3 is 2.16 bits per heavy atom. The Labute approximate surface area is 145 Å². The van der Waals surface area contributed by atoms with Crippen molar-refractivity contribution in [3.63, 3.8) is 0 Å². The molecule has 0 radical (unpaired) electrons. The van der Waals surface area contributed by atoms with E-state index in [1.165, 1.54) is 24.3 Å². The summed E-state index contributed by atoms with van der Waals surface area (Å²) in [6, 6.07) is 5.14. The molecule has 3 amide bonds. The molecular weight excluding hydrogens is 328 g/mol. The summed E-state index contributed by atoms with van der Waals surface area (Å²) in [5, 5.41) is 18.3. The molecule has 1 aromatic carbocycles. The van der Waals surface area contributed by atoms with Gasteiger partial charge in [0.1, 0.15) is 0 Å². The third-order valence-electron chi connectivity index (χ3n) is 2.94. The van der Waals surface area contributed by atoms with E-state index in [4.69, 9.17) is 0 Å². The van der Waals surface area contributed by atoms with Gasteiger partial charge in [-0.25, -0.2) is 0 Å². The number of amides is 3. The van der Waals surface area contributed by atoms with Gasteiger partial charge in [-0.3, -0.25) is 24.5 Å². The summed E-state index contributed by atoms with van der Waals surface area (Å²) in [6.07, 6.45) is 0.0154. The van der Waals surface area contributed by atoms with Crippen LogP contribution >= 0.6 is 0 Å². The zero-order valence-electron chi connectivity index (χ0n) is 14.4. The molecule has 0 aliphatic carbocycles. The lowest BCUT2D eigenvalue weighted by Crippen LogP contribution is -2.46. The molecule has 1 rings (SSSR count). The van der Waals surface area contributed by atoms with E-state index >= 15 is 0 Å². The van der Waals surface area contributed by atoms with E-state index in [-0.39, 0.29) is 48.1 Å². The normalized spacial score (nSPS) is 10.7. The van der Waals surface area contributed by atoms with E-state index in [1.54, 1.807) is 0 Å². The Balaban J connectivity index is 2.31. The number of hydrogen-bond acceptors (Lipinski definition) is 5. The van der Waals surface area contributed by atoms with Gasteiger partial charge in [0.25, 0.3) is 11.6 Å². The van der Waals surface area contributed by atoms with E-state index in [9.17, 15) is 24.5 Å². The third kappa shape index (κ3) is 7.91. The average Bonchev–Trinajstić information content (AvgIpc) is 2.51. The van der Waals surface area contributed by atoms with Gasteiger partial charge in [-0.15, -0.1) is 0 Å². The molecule has 0 atom stereocenters. The van der Waals surface area contributed by atoms with Crippen molar-refractivity contribution < 1.29 is 19.3 Å². The van der Waals surface area contributed by atoms with Crippen molar-refractivity contribution in [2.24, 2.45) is 0 Å². The minimum absolute atomic E-state index is 0.0154. The number of benzene rings is 1. The monoisotopic (exact) mass is 350 g/mol.